The number of aliphatic hydroxyl groups is 3. The third-order valence-electron chi connectivity index (χ3n) is 5.86. The maximum Gasteiger partial charge on any atom is 0.113 e. The quantitative estimate of drug-likeness (QED) is 0.672. The molecule has 1 saturated heterocycles. The molecule has 1 aliphatic heterocycles. The highest BCUT2D eigenvalue weighted by molar-refractivity contribution is 6.31. The minimum absolute atomic E-state index is 0.120. The molecule has 5 atom stereocenters. The van der Waals surface area contributed by atoms with E-state index in [1.165, 1.54) is 25.5 Å². The highest BCUT2D eigenvalue weighted by Gasteiger charge is 2.44. The number of benzene rings is 2. The summed E-state index contributed by atoms with van der Waals surface area (Å²) in [7, 11) is 1.50. The first-order valence-corrected chi connectivity index (χ1v) is 10.4. The molecule has 156 valence electrons. The van der Waals surface area contributed by atoms with E-state index >= 15 is 0 Å². The Kier molecular flexibility index (Phi) is 6.25. The van der Waals surface area contributed by atoms with E-state index in [-0.39, 0.29) is 6.61 Å². The first-order valence-electron chi connectivity index (χ1n) is 10.0. The molecule has 6 heteroatoms. The third-order valence-corrected chi connectivity index (χ3v) is 6.23. The summed E-state index contributed by atoms with van der Waals surface area (Å²) in [6.45, 7) is 0.120. The second kappa shape index (κ2) is 8.72. The lowest BCUT2D eigenvalue weighted by atomic mass is 9.90. The van der Waals surface area contributed by atoms with Crippen LogP contribution in [0.25, 0.3) is 0 Å². The topological polar surface area (TPSA) is 79.2 Å². The molecule has 1 saturated carbocycles. The predicted octanol–water partition coefficient (Wildman–Crippen LogP) is 2.98. The summed E-state index contributed by atoms with van der Waals surface area (Å²) in [5.41, 5.74) is 4.18. The fraction of sp³-hybridized carbons (Fsp3) is 0.478. The van der Waals surface area contributed by atoms with Gasteiger partial charge in [-0.3, -0.25) is 0 Å². The molecule has 0 unspecified atom stereocenters. The van der Waals surface area contributed by atoms with Crippen LogP contribution < -0.4 is 0 Å². The van der Waals surface area contributed by atoms with Gasteiger partial charge >= 0.3 is 0 Å². The number of hydrogen-bond acceptors (Lipinski definition) is 5. The van der Waals surface area contributed by atoms with Gasteiger partial charge in [-0.15, -0.1) is 0 Å². The van der Waals surface area contributed by atoms with Crippen LogP contribution in [0.5, 0.6) is 0 Å². The molecular weight excluding hydrogens is 392 g/mol. The predicted molar refractivity (Wildman–Crippen MR) is 110 cm³/mol. The normalized spacial score (nSPS) is 29.8. The molecule has 0 amide bonds. The fourth-order valence-corrected chi connectivity index (χ4v) is 4.16. The van der Waals surface area contributed by atoms with Crippen molar-refractivity contribution in [1.82, 2.24) is 0 Å². The molecule has 3 N–H and O–H groups in total. The van der Waals surface area contributed by atoms with Crippen molar-refractivity contribution in [2.75, 3.05) is 13.7 Å². The number of aliphatic hydroxyl groups excluding tert-OH is 3. The Balaban J connectivity index is 1.55. The average Bonchev–Trinajstić information content (AvgIpc) is 3.56. The summed E-state index contributed by atoms with van der Waals surface area (Å²) in [5, 5.41) is 31.5. The Hall–Kier alpha value is -1.47. The number of ether oxygens (including phenoxy) is 2. The molecule has 1 heterocycles. The monoisotopic (exact) mass is 418 g/mol. The maximum atomic E-state index is 10.5. The molecule has 0 spiro atoms. The van der Waals surface area contributed by atoms with Crippen LogP contribution in [0.4, 0.5) is 0 Å². The van der Waals surface area contributed by atoms with Crippen LogP contribution in [-0.4, -0.2) is 53.5 Å². The van der Waals surface area contributed by atoms with Crippen molar-refractivity contribution < 1.29 is 24.8 Å². The van der Waals surface area contributed by atoms with Gasteiger partial charge in [0.1, 0.15) is 30.5 Å². The molecular formula is C23H27ClO5. The van der Waals surface area contributed by atoms with E-state index in [9.17, 15) is 15.3 Å². The minimum Gasteiger partial charge on any atom is -0.388 e. The van der Waals surface area contributed by atoms with Crippen LogP contribution in [0.15, 0.2) is 42.5 Å². The molecule has 2 aliphatic rings. The first-order chi connectivity index (χ1) is 14.0. The fourth-order valence-electron chi connectivity index (χ4n) is 3.98. The summed E-state index contributed by atoms with van der Waals surface area (Å²) in [5.74, 6) is 0.725. The van der Waals surface area contributed by atoms with E-state index in [2.05, 4.69) is 24.3 Å². The van der Waals surface area contributed by atoms with Gasteiger partial charge in [-0.05, 0) is 53.5 Å². The molecule has 0 radical (unpaired) electrons. The van der Waals surface area contributed by atoms with E-state index in [1.807, 2.05) is 6.07 Å². The molecule has 29 heavy (non-hydrogen) atoms. The van der Waals surface area contributed by atoms with Gasteiger partial charge in [0, 0.05) is 12.1 Å². The van der Waals surface area contributed by atoms with Gasteiger partial charge in [-0.2, -0.15) is 0 Å². The Morgan fingerprint density at radius 3 is 2.31 bits per heavy atom. The van der Waals surface area contributed by atoms with Crippen molar-refractivity contribution in [2.45, 2.75) is 55.7 Å². The zero-order chi connectivity index (χ0) is 20.5. The molecule has 0 aromatic heterocycles. The van der Waals surface area contributed by atoms with E-state index in [4.69, 9.17) is 21.1 Å². The zero-order valence-corrected chi connectivity index (χ0v) is 17.1. The van der Waals surface area contributed by atoms with Crippen molar-refractivity contribution in [3.63, 3.8) is 0 Å². The first kappa shape index (κ1) is 20.8. The largest absolute Gasteiger partial charge is 0.388 e. The average molecular weight is 419 g/mol. The number of hydrogen-bond donors (Lipinski definition) is 3. The van der Waals surface area contributed by atoms with E-state index in [0.29, 0.717) is 17.0 Å². The third kappa shape index (κ3) is 4.50. The molecule has 2 fully saturated rings. The maximum absolute atomic E-state index is 10.5. The van der Waals surface area contributed by atoms with Crippen LogP contribution in [0.2, 0.25) is 5.02 Å². The highest BCUT2D eigenvalue weighted by atomic mass is 35.5. The second-order valence-corrected chi connectivity index (χ2v) is 8.47. The van der Waals surface area contributed by atoms with Crippen LogP contribution in [0.1, 0.15) is 47.1 Å². The Bertz CT molecular complexity index is 836. The second-order valence-electron chi connectivity index (χ2n) is 8.07. The van der Waals surface area contributed by atoms with E-state index in [0.717, 1.165) is 17.0 Å². The molecule has 1 aliphatic carbocycles. The lowest BCUT2D eigenvalue weighted by molar-refractivity contribution is -0.233. The van der Waals surface area contributed by atoms with Crippen LogP contribution in [-0.2, 0) is 15.9 Å². The van der Waals surface area contributed by atoms with Crippen molar-refractivity contribution in [1.29, 1.82) is 0 Å². The standard InChI is InChI=1S/C23H27ClO5/c1-28-12-19-20(25)21(26)22(27)23(29-19)16-8-9-18(24)17(11-16)10-13-2-4-14(5-3-13)15-6-7-15/h2-5,8-9,11,15,19-23,25-27H,6-7,10,12H2,1H3/t19-,20-,21+,22-,23+/m1/s1. The van der Waals surface area contributed by atoms with Gasteiger partial charge < -0.3 is 24.8 Å². The number of methoxy groups -OCH3 is 1. The van der Waals surface area contributed by atoms with Gasteiger partial charge in [0.15, 0.2) is 0 Å². The van der Waals surface area contributed by atoms with Gasteiger partial charge in [0.05, 0.1) is 6.61 Å². The summed E-state index contributed by atoms with van der Waals surface area (Å²) in [6.07, 6.45) is -2.05. The SMILES string of the molecule is COC[C@H]1O[C@@H](c2ccc(Cl)c(Cc3ccc(C4CC4)cc3)c2)[C@H](O)[C@@H](O)[C@@H]1O. The minimum atomic E-state index is -1.32. The van der Waals surface area contributed by atoms with Crippen molar-refractivity contribution in [2.24, 2.45) is 0 Å². The molecule has 2 aromatic carbocycles. The smallest absolute Gasteiger partial charge is 0.113 e. The van der Waals surface area contributed by atoms with Crippen molar-refractivity contribution in [3.05, 3.63) is 69.7 Å². The molecule has 4 rings (SSSR count). The molecule has 2 aromatic rings. The lowest BCUT2D eigenvalue weighted by Gasteiger charge is -2.40. The van der Waals surface area contributed by atoms with Crippen molar-refractivity contribution >= 4 is 11.6 Å². The van der Waals surface area contributed by atoms with Crippen molar-refractivity contribution in [3.8, 4) is 0 Å². The Morgan fingerprint density at radius 1 is 0.966 bits per heavy atom. The van der Waals surface area contributed by atoms with Crippen LogP contribution in [0, 0.1) is 0 Å². The molecule has 5 nitrogen and oxygen atoms in total. The summed E-state index contributed by atoms with van der Waals surface area (Å²) >= 11 is 6.43. The van der Waals surface area contributed by atoms with Gasteiger partial charge in [-0.1, -0.05) is 48.0 Å². The Morgan fingerprint density at radius 2 is 1.66 bits per heavy atom. The van der Waals surface area contributed by atoms with Gasteiger partial charge in [0.2, 0.25) is 0 Å². The lowest BCUT2D eigenvalue weighted by Crippen LogP contribution is -2.55. The highest BCUT2D eigenvalue weighted by Crippen LogP contribution is 2.40. The number of rotatable bonds is 6. The van der Waals surface area contributed by atoms with Gasteiger partial charge in [-0.25, -0.2) is 0 Å². The molecule has 0 bridgehead atoms. The summed E-state index contributed by atoms with van der Waals surface area (Å²) < 4.78 is 10.9. The van der Waals surface area contributed by atoms with Crippen LogP contribution >= 0.6 is 11.6 Å². The van der Waals surface area contributed by atoms with E-state index in [1.54, 1.807) is 12.1 Å². The van der Waals surface area contributed by atoms with Gasteiger partial charge in [0.25, 0.3) is 0 Å². The zero-order valence-electron chi connectivity index (χ0n) is 16.4. The number of halogens is 1. The summed E-state index contributed by atoms with van der Waals surface area (Å²) in [6, 6.07) is 14.1. The summed E-state index contributed by atoms with van der Waals surface area (Å²) in [4.78, 5) is 0. The van der Waals surface area contributed by atoms with E-state index < -0.39 is 30.5 Å². The van der Waals surface area contributed by atoms with Crippen LogP contribution in [0.3, 0.4) is 0 Å². The Labute approximate surface area is 175 Å².